The molecule has 0 saturated carbocycles. The first-order valence-electron chi connectivity index (χ1n) is 5.00. The van der Waals surface area contributed by atoms with Crippen LogP contribution in [-0.2, 0) is 0 Å². The zero-order valence-corrected chi connectivity index (χ0v) is 8.73. The second kappa shape index (κ2) is 3.96. The van der Waals surface area contributed by atoms with Gasteiger partial charge in [-0.1, -0.05) is 0 Å². The van der Waals surface area contributed by atoms with E-state index in [1.54, 1.807) is 13.3 Å². The molecule has 1 aliphatic rings. The van der Waals surface area contributed by atoms with Gasteiger partial charge in [0, 0.05) is 12.2 Å². The lowest BCUT2D eigenvalue weighted by Crippen LogP contribution is -2.17. The van der Waals surface area contributed by atoms with Gasteiger partial charge < -0.3 is 4.74 Å². The van der Waals surface area contributed by atoms with Crippen LogP contribution in [0.25, 0.3) is 0 Å². The molecule has 0 amide bonds. The predicted octanol–water partition coefficient (Wildman–Crippen LogP) is 1.86. The standard InChI is InChI=1S/C11H16N2O/c1-13-5-3-4-11(13)9-6-10(14-2)8-12-7-9/h6-8,11H,3-5H2,1-2H3. The Morgan fingerprint density at radius 2 is 2.36 bits per heavy atom. The lowest BCUT2D eigenvalue weighted by atomic mass is 10.1. The lowest BCUT2D eigenvalue weighted by molar-refractivity contribution is 0.315. The van der Waals surface area contributed by atoms with E-state index in [2.05, 4.69) is 23.0 Å². The van der Waals surface area contributed by atoms with E-state index in [4.69, 9.17) is 4.74 Å². The van der Waals surface area contributed by atoms with Crippen LogP contribution >= 0.6 is 0 Å². The molecule has 0 aliphatic carbocycles. The number of likely N-dealkylation sites (tertiary alicyclic amines) is 1. The summed E-state index contributed by atoms with van der Waals surface area (Å²) in [4.78, 5) is 6.55. The molecule has 1 unspecified atom stereocenters. The van der Waals surface area contributed by atoms with Gasteiger partial charge >= 0.3 is 0 Å². The largest absolute Gasteiger partial charge is 0.495 e. The molecule has 2 rings (SSSR count). The number of hydrogen-bond acceptors (Lipinski definition) is 3. The fourth-order valence-electron chi connectivity index (χ4n) is 2.06. The van der Waals surface area contributed by atoms with Gasteiger partial charge in [-0.3, -0.25) is 9.88 Å². The van der Waals surface area contributed by atoms with Gasteiger partial charge in [0.05, 0.1) is 13.3 Å². The smallest absolute Gasteiger partial charge is 0.137 e. The van der Waals surface area contributed by atoms with Crippen molar-refractivity contribution < 1.29 is 4.74 Å². The third-order valence-corrected chi connectivity index (χ3v) is 2.88. The first-order chi connectivity index (χ1) is 6.81. The van der Waals surface area contributed by atoms with Crippen molar-refractivity contribution in [3.63, 3.8) is 0 Å². The zero-order valence-electron chi connectivity index (χ0n) is 8.73. The van der Waals surface area contributed by atoms with Crippen LogP contribution in [0.4, 0.5) is 0 Å². The van der Waals surface area contributed by atoms with Crippen LogP contribution in [0, 0.1) is 0 Å². The number of methoxy groups -OCH3 is 1. The lowest BCUT2D eigenvalue weighted by Gasteiger charge is -2.19. The fourth-order valence-corrected chi connectivity index (χ4v) is 2.06. The average Bonchev–Trinajstić information content (AvgIpc) is 2.65. The Morgan fingerprint density at radius 3 is 3.00 bits per heavy atom. The molecule has 1 aliphatic heterocycles. The van der Waals surface area contributed by atoms with Crippen LogP contribution in [0.1, 0.15) is 24.4 Å². The summed E-state index contributed by atoms with van der Waals surface area (Å²) < 4.78 is 5.17. The highest BCUT2D eigenvalue weighted by Crippen LogP contribution is 2.31. The highest BCUT2D eigenvalue weighted by atomic mass is 16.5. The maximum Gasteiger partial charge on any atom is 0.137 e. The molecule has 0 N–H and O–H groups in total. The Bertz CT molecular complexity index is 314. The van der Waals surface area contributed by atoms with E-state index in [1.165, 1.54) is 24.9 Å². The molecule has 76 valence electrons. The number of nitrogens with zero attached hydrogens (tertiary/aromatic N) is 2. The molecular weight excluding hydrogens is 176 g/mol. The molecule has 0 spiro atoms. The molecule has 1 saturated heterocycles. The van der Waals surface area contributed by atoms with Crippen molar-refractivity contribution in [3.8, 4) is 5.75 Å². The summed E-state index contributed by atoms with van der Waals surface area (Å²) in [5.41, 5.74) is 1.27. The summed E-state index contributed by atoms with van der Waals surface area (Å²) in [7, 11) is 3.84. The van der Waals surface area contributed by atoms with Crippen LogP contribution in [0.15, 0.2) is 18.5 Å². The molecule has 1 aromatic rings. The van der Waals surface area contributed by atoms with Crippen LogP contribution in [0.5, 0.6) is 5.75 Å². The number of pyridine rings is 1. The van der Waals surface area contributed by atoms with Gasteiger partial charge in [0.1, 0.15) is 5.75 Å². The highest BCUT2D eigenvalue weighted by Gasteiger charge is 2.22. The second-order valence-electron chi connectivity index (χ2n) is 3.80. The Hall–Kier alpha value is -1.09. The van der Waals surface area contributed by atoms with Gasteiger partial charge in [0.2, 0.25) is 0 Å². The summed E-state index contributed by atoms with van der Waals surface area (Å²) in [6.45, 7) is 1.18. The van der Waals surface area contributed by atoms with E-state index >= 15 is 0 Å². The molecule has 3 heteroatoms. The Balaban J connectivity index is 2.22. The molecule has 3 nitrogen and oxygen atoms in total. The van der Waals surface area contributed by atoms with Crippen molar-refractivity contribution in [3.05, 3.63) is 24.0 Å². The van der Waals surface area contributed by atoms with E-state index in [-0.39, 0.29) is 0 Å². The normalized spacial score (nSPS) is 22.6. The minimum atomic E-state index is 0.526. The molecular formula is C11H16N2O. The van der Waals surface area contributed by atoms with Crippen LogP contribution in [0.3, 0.4) is 0 Å². The molecule has 1 aromatic heterocycles. The summed E-state index contributed by atoms with van der Waals surface area (Å²) in [5.74, 6) is 0.850. The van der Waals surface area contributed by atoms with E-state index < -0.39 is 0 Å². The second-order valence-corrected chi connectivity index (χ2v) is 3.80. The van der Waals surface area contributed by atoms with Gasteiger partial charge in [-0.2, -0.15) is 0 Å². The van der Waals surface area contributed by atoms with E-state index in [0.29, 0.717) is 6.04 Å². The minimum Gasteiger partial charge on any atom is -0.495 e. The van der Waals surface area contributed by atoms with Crippen molar-refractivity contribution >= 4 is 0 Å². The van der Waals surface area contributed by atoms with Crippen molar-refractivity contribution in [2.45, 2.75) is 18.9 Å². The molecule has 0 aromatic carbocycles. The topological polar surface area (TPSA) is 25.4 Å². The van der Waals surface area contributed by atoms with Crippen molar-refractivity contribution in [2.24, 2.45) is 0 Å². The van der Waals surface area contributed by atoms with Gasteiger partial charge in [-0.05, 0) is 38.1 Å². The molecule has 2 heterocycles. The number of aromatic nitrogens is 1. The maximum atomic E-state index is 5.17. The average molecular weight is 192 g/mol. The predicted molar refractivity (Wildman–Crippen MR) is 55.4 cm³/mol. The Labute approximate surface area is 84.7 Å². The summed E-state index contributed by atoms with van der Waals surface area (Å²) in [6, 6.07) is 2.61. The van der Waals surface area contributed by atoms with Gasteiger partial charge in [-0.25, -0.2) is 0 Å². The number of hydrogen-bond donors (Lipinski definition) is 0. The maximum absolute atomic E-state index is 5.17. The van der Waals surface area contributed by atoms with Crippen LogP contribution < -0.4 is 4.74 Å². The molecule has 1 fully saturated rings. The van der Waals surface area contributed by atoms with Gasteiger partial charge in [0.25, 0.3) is 0 Å². The van der Waals surface area contributed by atoms with Crippen molar-refractivity contribution in [2.75, 3.05) is 20.7 Å². The first-order valence-corrected chi connectivity index (χ1v) is 5.00. The van der Waals surface area contributed by atoms with E-state index in [9.17, 15) is 0 Å². The molecule has 1 atom stereocenters. The minimum absolute atomic E-state index is 0.526. The van der Waals surface area contributed by atoms with E-state index in [1.807, 2.05) is 6.20 Å². The highest BCUT2D eigenvalue weighted by molar-refractivity contribution is 5.26. The van der Waals surface area contributed by atoms with Gasteiger partial charge in [-0.15, -0.1) is 0 Å². The molecule has 0 bridgehead atoms. The molecule has 0 radical (unpaired) electrons. The molecule has 14 heavy (non-hydrogen) atoms. The number of ether oxygens (including phenoxy) is 1. The quantitative estimate of drug-likeness (QED) is 0.715. The Morgan fingerprint density at radius 1 is 1.50 bits per heavy atom. The fraction of sp³-hybridized carbons (Fsp3) is 0.545. The van der Waals surface area contributed by atoms with E-state index in [0.717, 1.165) is 5.75 Å². The monoisotopic (exact) mass is 192 g/mol. The van der Waals surface area contributed by atoms with Crippen molar-refractivity contribution in [1.82, 2.24) is 9.88 Å². The van der Waals surface area contributed by atoms with Crippen molar-refractivity contribution in [1.29, 1.82) is 0 Å². The summed E-state index contributed by atoms with van der Waals surface area (Å²) in [5, 5.41) is 0. The Kier molecular flexibility index (Phi) is 2.68. The summed E-state index contributed by atoms with van der Waals surface area (Å²) in [6.07, 6.45) is 6.19. The zero-order chi connectivity index (χ0) is 9.97. The van der Waals surface area contributed by atoms with Crippen LogP contribution in [0.2, 0.25) is 0 Å². The first kappa shape index (κ1) is 9.46. The third-order valence-electron chi connectivity index (χ3n) is 2.88. The van der Waals surface area contributed by atoms with Crippen LogP contribution in [-0.4, -0.2) is 30.6 Å². The SMILES string of the molecule is COc1cncc(C2CCCN2C)c1. The summed E-state index contributed by atoms with van der Waals surface area (Å²) >= 11 is 0. The van der Waals surface area contributed by atoms with Gasteiger partial charge in [0.15, 0.2) is 0 Å². The number of rotatable bonds is 2. The third kappa shape index (κ3) is 1.73.